The average Bonchev–Trinajstić information content (AvgIpc) is 3.20. The monoisotopic (exact) mass is 403 g/mol. The number of hydrogen-bond acceptors (Lipinski definition) is 3. The van der Waals surface area contributed by atoms with Crippen LogP contribution in [0.1, 0.15) is 89.2 Å². The fourth-order valence-corrected chi connectivity index (χ4v) is 5.04. The molecule has 1 atom stereocenters. The molecule has 1 heterocycles. The number of benzene rings is 1. The summed E-state index contributed by atoms with van der Waals surface area (Å²) in [4.78, 5) is 15.1. The van der Waals surface area contributed by atoms with E-state index >= 15 is 0 Å². The van der Waals surface area contributed by atoms with E-state index in [4.69, 9.17) is 0 Å². The van der Waals surface area contributed by atoms with E-state index in [1.165, 1.54) is 38.2 Å². The normalized spacial score (nSPS) is 25.7. The van der Waals surface area contributed by atoms with Gasteiger partial charge in [-0.25, -0.2) is 4.39 Å². The number of carbonyl (C=O) groups is 1. The van der Waals surface area contributed by atoms with Gasteiger partial charge in [-0.3, -0.25) is 9.69 Å². The lowest BCUT2D eigenvalue weighted by Gasteiger charge is -2.44. The predicted molar refractivity (Wildman–Crippen MR) is 115 cm³/mol. The maximum atomic E-state index is 14.6. The van der Waals surface area contributed by atoms with Gasteiger partial charge >= 0.3 is 0 Å². The van der Waals surface area contributed by atoms with Gasteiger partial charge < -0.3 is 5.11 Å². The van der Waals surface area contributed by atoms with Crippen molar-refractivity contribution in [3.63, 3.8) is 0 Å². The van der Waals surface area contributed by atoms with Crippen LogP contribution in [0.5, 0.6) is 0 Å². The summed E-state index contributed by atoms with van der Waals surface area (Å²) >= 11 is 0. The molecule has 1 N–H and O–H groups in total. The van der Waals surface area contributed by atoms with E-state index in [9.17, 15) is 14.3 Å². The van der Waals surface area contributed by atoms with Crippen molar-refractivity contribution in [2.75, 3.05) is 13.1 Å². The van der Waals surface area contributed by atoms with Gasteiger partial charge in [0.25, 0.3) is 0 Å². The number of unbranched alkanes of at least 4 members (excludes halogenated alkanes) is 3. The summed E-state index contributed by atoms with van der Waals surface area (Å²) in [6.45, 7) is 6.99. The Bertz CT molecular complexity index is 677. The molecule has 1 saturated carbocycles. The minimum Gasteiger partial charge on any atom is -0.385 e. The van der Waals surface area contributed by atoms with Crippen molar-refractivity contribution < 1.29 is 14.3 Å². The number of halogens is 1. The Morgan fingerprint density at radius 3 is 2.55 bits per heavy atom. The Kier molecular flexibility index (Phi) is 7.86. The molecule has 1 aromatic carbocycles. The number of ketones is 1. The highest BCUT2D eigenvalue weighted by Gasteiger charge is 2.48. The summed E-state index contributed by atoms with van der Waals surface area (Å²) in [5.41, 5.74) is 0.276. The summed E-state index contributed by atoms with van der Waals surface area (Å²) in [7, 11) is 0. The van der Waals surface area contributed by atoms with Crippen LogP contribution in [0.2, 0.25) is 0 Å². The number of nitrogens with zero attached hydrogens (tertiary/aromatic N) is 1. The van der Waals surface area contributed by atoms with Gasteiger partial charge in [0.2, 0.25) is 0 Å². The topological polar surface area (TPSA) is 40.5 Å². The fourth-order valence-electron chi connectivity index (χ4n) is 5.04. The molecule has 2 fully saturated rings. The van der Waals surface area contributed by atoms with Gasteiger partial charge in [-0.05, 0) is 63.2 Å². The van der Waals surface area contributed by atoms with Crippen molar-refractivity contribution in [1.82, 2.24) is 4.90 Å². The first-order valence-electron chi connectivity index (χ1n) is 11.7. The molecule has 2 aliphatic rings. The van der Waals surface area contributed by atoms with Crippen LogP contribution in [0, 0.1) is 17.7 Å². The van der Waals surface area contributed by atoms with Gasteiger partial charge in [0, 0.05) is 23.9 Å². The number of carbonyl (C=O) groups excluding carboxylic acids is 1. The summed E-state index contributed by atoms with van der Waals surface area (Å²) in [6.07, 6.45) is 9.81. The smallest absolute Gasteiger partial charge is 0.139 e. The van der Waals surface area contributed by atoms with Crippen LogP contribution in [0.3, 0.4) is 0 Å². The zero-order valence-electron chi connectivity index (χ0n) is 18.3. The van der Waals surface area contributed by atoms with Gasteiger partial charge in [-0.2, -0.15) is 0 Å². The molecule has 1 aromatic rings. The lowest BCUT2D eigenvalue weighted by atomic mass is 9.63. The molecule has 0 bridgehead atoms. The van der Waals surface area contributed by atoms with E-state index in [-0.39, 0.29) is 17.7 Å². The van der Waals surface area contributed by atoms with Gasteiger partial charge in [0.15, 0.2) is 0 Å². The second-order valence-electron chi connectivity index (χ2n) is 9.28. The highest BCUT2D eigenvalue weighted by atomic mass is 19.1. The lowest BCUT2D eigenvalue weighted by Crippen LogP contribution is -2.46. The van der Waals surface area contributed by atoms with Crippen molar-refractivity contribution in [3.8, 4) is 0 Å². The van der Waals surface area contributed by atoms with Gasteiger partial charge in [-0.15, -0.1) is 0 Å². The van der Waals surface area contributed by atoms with Crippen LogP contribution in [-0.4, -0.2) is 28.9 Å². The molecule has 0 aromatic heterocycles. The Labute approximate surface area is 175 Å². The molecule has 4 heteroatoms. The summed E-state index contributed by atoms with van der Waals surface area (Å²) in [5, 5.41) is 11.0. The van der Waals surface area contributed by atoms with Crippen LogP contribution in [0.4, 0.5) is 4.39 Å². The van der Waals surface area contributed by atoms with E-state index in [1.54, 1.807) is 0 Å². The first-order valence-corrected chi connectivity index (χ1v) is 11.7. The molecule has 162 valence electrons. The first kappa shape index (κ1) is 22.4. The molecule has 0 spiro atoms. The van der Waals surface area contributed by atoms with Crippen LogP contribution in [0.15, 0.2) is 18.2 Å². The first-order chi connectivity index (χ1) is 14.0. The van der Waals surface area contributed by atoms with Gasteiger partial charge in [-0.1, -0.05) is 51.7 Å². The third-order valence-corrected chi connectivity index (χ3v) is 7.05. The van der Waals surface area contributed by atoms with E-state index in [0.717, 1.165) is 32.4 Å². The van der Waals surface area contributed by atoms with Crippen molar-refractivity contribution in [3.05, 3.63) is 35.1 Å². The minimum atomic E-state index is -1.05. The molecule has 1 aliphatic heterocycles. The van der Waals surface area contributed by atoms with Crippen LogP contribution < -0.4 is 0 Å². The standard InChI is InChI=1S/C25H38FNO2/c1-3-5-6-7-10-19(4-2)24(28)21-16-25(29,17-21)22-12-11-20(23(26)15-22)18-27-13-8-9-14-27/h11-12,15,19,21,29H,3-10,13-14,16-18H2,1-2H3. The van der Waals surface area contributed by atoms with Crippen LogP contribution in [0.25, 0.3) is 0 Å². The number of aliphatic hydroxyl groups is 1. The lowest BCUT2D eigenvalue weighted by molar-refractivity contribution is -0.145. The Hall–Kier alpha value is -1.26. The van der Waals surface area contributed by atoms with Crippen molar-refractivity contribution in [1.29, 1.82) is 0 Å². The molecule has 3 rings (SSSR count). The molecule has 29 heavy (non-hydrogen) atoms. The molecule has 1 aliphatic carbocycles. The van der Waals surface area contributed by atoms with E-state index < -0.39 is 5.60 Å². The van der Waals surface area contributed by atoms with E-state index in [2.05, 4.69) is 18.7 Å². The summed E-state index contributed by atoms with van der Waals surface area (Å²) in [6, 6.07) is 5.17. The molecular formula is C25H38FNO2. The number of Topliss-reactive ketones (excluding diaryl/α,β-unsaturated/α-hetero) is 1. The number of likely N-dealkylation sites (tertiary alicyclic amines) is 1. The number of rotatable bonds is 11. The highest BCUT2D eigenvalue weighted by Crippen LogP contribution is 2.47. The summed E-state index contributed by atoms with van der Waals surface area (Å²) in [5.74, 6) is 0.101. The van der Waals surface area contributed by atoms with Gasteiger partial charge in [0.1, 0.15) is 11.6 Å². The van der Waals surface area contributed by atoms with Gasteiger partial charge in [0.05, 0.1) is 5.60 Å². The predicted octanol–water partition coefficient (Wildman–Crippen LogP) is 5.58. The van der Waals surface area contributed by atoms with Crippen LogP contribution >= 0.6 is 0 Å². The third kappa shape index (κ3) is 5.46. The minimum absolute atomic E-state index is 0.0801. The zero-order valence-corrected chi connectivity index (χ0v) is 18.3. The average molecular weight is 404 g/mol. The van der Waals surface area contributed by atoms with E-state index in [1.807, 2.05) is 12.1 Å². The second kappa shape index (κ2) is 10.2. The highest BCUT2D eigenvalue weighted by molar-refractivity contribution is 5.84. The Morgan fingerprint density at radius 2 is 1.93 bits per heavy atom. The van der Waals surface area contributed by atoms with Crippen LogP contribution in [-0.2, 0) is 16.9 Å². The molecular weight excluding hydrogens is 365 g/mol. The molecule has 0 radical (unpaired) electrons. The van der Waals surface area contributed by atoms with Crippen molar-refractivity contribution >= 4 is 5.78 Å². The quantitative estimate of drug-likeness (QED) is 0.490. The van der Waals surface area contributed by atoms with Crippen molar-refractivity contribution in [2.45, 2.75) is 90.2 Å². The SMILES string of the molecule is CCCCCCC(CC)C(=O)C1CC(O)(c2ccc(CN3CCCC3)c(F)c2)C1. The Morgan fingerprint density at radius 1 is 1.21 bits per heavy atom. The molecule has 3 nitrogen and oxygen atoms in total. The zero-order chi connectivity index (χ0) is 20.9. The maximum Gasteiger partial charge on any atom is 0.139 e. The third-order valence-electron chi connectivity index (χ3n) is 7.05. The maximum absolute atomic E-state index is 14.6. The van der Waals surface area contributed by atoms with E-state index in [0.29, 0.717) is 36.3 Å². The second-order valence-corrected chi connectivity index (χ2v) is 9.28. The largest absolute Gasteiger partial charge is 0.385 e. The molecule has 1 saturated heterocycles. The molecule has 1 unspecified atom stereocenters. The fraction of sp³-hybridized carbons (Fsp3) is 0.720. The van der Waals surface area contributed by atoms with Crippen molar-refractivity contribution in [2.24, 2.45) is 11.8 Å². The molecule has 0 amide bonds. The Balaban J connectivity index is 1.54. The number of hydrogen-bond donors (Lipinski definition) is 1. The summed E-state index contributed by atoms with van der Waals surface area (Å²) < 4.78 is 14.6.